The second-order valence-corrected chi connectivity index (χ2v) is 6.13. The molecule has 16 heavy (non-hydrogen) atoms. The summed E-state index contributed by atoms with van der Waals surface area (Å²) in [5.41, 5.74) is 6.17. The van der Waals surface area contributed by atoms with Crippen LogP contribution in [0.15, 0.2) is 22.1 Å². The van der Waals surface area contributed by atoms with Crippen molar-refractivity contribution in [3.8, 4) is 0 Å². The van der Waals surface area contributed by atoms with Gasteiger partial charge in [-0.2, -0.15) is 0 Å². The lowest BCUT2D eigenvalue weighted by Crippen LogP contribution is -2.39. The molecule has 1 aliphatic rings. The van der Waals surface area contributed by atoms with Gasteiger partial charge in [0.1, 0.15) is 6.26 Å². The average molecular weight is 240 g/mol. The molecule has 2 rings (SSSR count). The Morgan fingerprint density at radius 1 is 1.50 bits per heavy atom. The van der Waals surface area contributed by atoms with Crippen LogP contribution in [0.25, 0.3) is 0 Å². The summed E-state index contributed by atoms with van der Waals surface area (Å²) in [6.07, 6.45) is 6.89. The highest BCUT2D eigenvalue weighted by molar-refractivity contribution is 7.99. The smallest absolute Gasteiger partial charge is 0.255 e. The molecular formula is C12H20N2OS. The number of aromatic nitrogens is 1. The fourth-order valence-corrected chi connectivity index (χ4v) is 3.47. The van der Waals surface area contributed by atoms with Crippen LogP contribution in [0, 0.1) is 11.8 Å². The van der Waals surface area contributed by atoms with Crippen molar-refractivity contribution in [2.45, 2.75) is 49.6 Å². The summed E-state index contributed by atoms with van der Waals surface area (Å²) in [4.78, 5) is 4.16. The maximum Gasteiger partial charge on any atom is 0.255 e. The van der Waals surface area contributed by atoms with E-state index in [1.807, 2.05) is 0 Å². The third-order valence-electron chi connectivity index (χ3n) is 3.49. The number of nitrogens with zero attached hydrogens (tertiary/aromatic N) is 1. The first-order valence-electron chi connectivity index (χ1n) is 5.98. The van der Waals surface area contributed by atoms with Gasteiger partial charge in [-0.3, -0.25) is 0 Å². The third-order valence-corrected chi connectivity index (χ3v) is 4.74. The minimum absolute atomic E-state index is 0.284. The minimum atomic E-state index is 0.284. The molecule has 0 spiro atoms. The summed E-state index contributed by atoms with van der Waals surface area (Å²) in [5.74, 6) is 1.55. The number of hydrogen-bond acceptors (Lipinski definition) is 4. The highest BCUT2D eigenvalue weighted by atomic mass is 32.2. The van der Waals surface area contributed by atoms with E-state index in [1.54, 1.807) is 24.2 Å². The molecule has 90 valence electrons. The van der Waals surface area contributed by atoms with Crippen LogP contribution in [0.2, 0.25) is 0 Å². The Morgan fingerprint density at radius 3 is 2.94 bits per heavy atom. The highest BCUT2D eigenvalue weighted by Gasteiger charge is 2.31. The molecule has 0 aromatic carbocycles. The Bertz CT molecular complexity index is 313. The van der Waals surface area contributed by atoms with Crippen LogP contribution in [0.4, 0.5) is 0 Å². The fraction of sp³-hybridized carbons (Fsp3) is 0.750. The van der Waals surface area contributed by atoms with E-state index in [2.05, 4.69) is 18.8 Å². The van der Waals surface area contributed by atoms with E-state index in [-0.39, 0.29) is 6.04 Å². The monoisotopic (exact) mass is 240 g/mol. The number of nitrogens with two attached hydrogens (primary N) is 1. The highest BCUT2D eigenvalue weighted by Crippen LogP contribution is 2.37. The first kappa shape index (κ1) is 12.0. The van der Waals surface area contributed by atoms with Crippen LogP contribution in [0.3, 0.4) is 0 Å². The lowest BCUT2D eigenvalue weighted by Gasteiger charge is -2.34. The zero-order valence-corrected chi connectivity index (χ0v) is 10.7. The Balaban J connectivity index is 1.96. The Labute approximate surface area is 101 Å². The van der Waals surface area contributed by atoms with Gasteiger partial charge in [0, 0.05) is 11.3 Å². The SMILES string of the molecule is CC(C)C1CCC(N)C(Sc2ncco2)C1. The molecule has 2 N–H and O–H groups in total. The normalized spacial score (nSPS) is 30.9. The van der Waals surface area contributed by atoms with Crippen molar-refractivity contribution in [3.63, 3.8) is 0 Å². The summed E-state index contributed by atoms with van der Waals surface area (Å²) in [7, 11) is 0. The largest absolute Gasteiger partial charge is 0.440 e. The maximum absolute atomic E-state index is 6.17. The number of hydrogen-bond donors (Lipinski definition) is 1. The molecule has 1 aromatic rings. The lowest BCUT2D eigenvalue weighted by atomic mass is 9.79. The van der Waals surface area contributed by atoms with Crippen molar-refractivity contribution in [1.29, 1.82) is 0 Å². The molecule has 0 saturated heterocycles. The fourth-order valence-electron chi connectivity index (χ4n) is 2.32. The first-order valence-corrected chi connectivity index (χ1v) is 6.86. The van der Waals surface area contributed by atoms with Gasteiger partial charge in [-0.05, 0) is 31.1 Å². The van der Waals surface area contributed by atoms with E-state index < -0.39 is 0 Å². The third kappa shape index (κ3) is 2.80. The molecular weight excluding hydrogens is 220 g/mol. The van der Waals surface area contributed by atoms with Crippen molar-refractivity contribution in [3.05, 3.63) is 12.5 Å². The molecule has 1 aliphatic carbocycles. The topological polar surface area (TPSA) is 52.0 Å². The van der Waals surface area contributed by atoms with Gasteiger partial charge < -0.3 is 10.2 Å². The van der Waals surface area contributed by atoms with Gasteiger partial charge in [0.05, 0.1) is 6.20 Å². The number of oxazole rings is 1. The number of rotatable bonds is 3. The molecule has 3 atom stereocenters. The van der Waals surface area contributed by atoms with E-state index >= 15 is 0 Å². The molecule has 1 aromatic heterocycles. The Kier molecular flexibility index (Phi) is 3.92. The second kappa shape index (κ2) is 5.23. The summed E-state index contributed by atoms with van der Waals surface area (Å²) < 4.78 is 5.28. The van der Waals surface area contributed by atoms with Gasteiger partial charge in [-0.1, -0.05) is 25.6 Å². The molecule has 0 aliphatic heterocycles. The zero-order chi connectivity index (χ0) is 11.5. The van der Waals surface area contributed by atoms with Gasteiger partial charge in [0.2, 0.25) is 0 Å². The molecule has 0 radical (unpaired) electrons. The number of thioether (sulfide) groups is 1. The summed E-state index contributed by atoms with van der Waals surface area (Å²) >= 11 is 1.70. The van der Waals surface area contributed by atoms with Crippen LogP contribution in [0.5, 0.6) is 0 Å². The van der Waals surface area contributed by atoms with Crippen LogP contribution in [-0.4, -0.2) is 16.3 Å². The van der Waals surface area contributed by atoms with E-state index in [4.69, 9.17) is 10.2 Å². The Morgan fingerprint density at radius 2 is 2.31 bits per heavy atom. The minimum Gasteiger partial charge on any atom is -0.440 e. The van der Waals surface area contributed by atoms with E-state index in [1.165, 1.54) is 12.8 Å². The Hall–Kier alpha value is -0.480. The molecule has 3 nitrogen and oxygen atoms in total. The summed E-state index contributed by atoms with van der Waals surface area (Å²) in [6.45, 7) is 4.60. The molecule has 0 amide bonds. The van der Waals surface area contributed by atoms with Gasteiger partial charge in [-0.25, -0.2) is 4.98 Å². The molecule has 3 unspecified atom stereocenters. The van der Waals surface area contributed by atoms with Crippen molar-refractivity contribution in [2.75, 3.05) is 0 Å². The molecule has 1 fully saturated rings. The quantitative estimate of drug-likeness (QED) is 0.882. The standard InChI is InChI=1S/C12H20N2OS/c1-8(2)9-3-4-10(13)11(7-9)16-12-14-5-6-15-12/h5-6,8-11H,3-4,7,13H2,1-2H3. The summed E-state index contributed by atoms with van der Waals surface area (Å²) in [6, 6.07) is 0.284. The van der Waals surface area contributed by atoms with Crippen molar-refractivity contribution in [1.82, 2.24) is 4.98 Å². The van der Waals surface area contributed by atoms with Gasteiger partial charge in [-0.15, -0.1) is 0 Å². The van der Waals surface area contributed by atoms with Crippen LogP contribution >= 0.6 is 11.8 Å². The van der Waals surface area contributed by atoms with E-state index in [0.717, 1.165) is 23.5 Å². The molecule has 4 heteroatoms. The van der Waals surface area contributed by atoms with Gasteiger partial charge >= 0.3 is 0 Å². The van der Waals surface area contributed by atoms with E-state index in [0.29, 0.717) is 5.25 Å². The average Bonchev–Trinajstić information content (AvgIpc) is 2.73. The predicted octanol–water partition coefficient (Wildman–Crippen LogP) is 2.92. The van der Waals surface area contributed by atoms with Crippen LogP contribution in [0.1, 0.15) is 33.1 Å². The maximum atomic E-state index is 6.17. The van der Waals surface area contributed by atoms with Crippen LogP contribution < -0.4 is 5.73 Å². The van der Waals surface area contributed by atoms with Gasteiger partial charge in [0.15, 0.2) is 0 Å². The zero-order valence-electron chi connectivity index (χ0n) is 9.93. The second-order valence-electron chi connectivity index (χ2n) is 4.94. The van der Waals surface area contributed by atoms with Crippen molar-refractivity contribution < 1.29 is 4.42 Å². The molecule has 1 heterocycles. The lowest BCUT2D eigenvalue weighted by molar-refractivity contribution is 0.265. The first-order chi connectivity index (χ1) is 7.66. The van der Waals surface area contributed by atoms with Crippen molar-refractivity contribution >= 4 is 11.8 Å². The van der Waals surface area contributed by atoms with Crippen molar-refractivity contribution in [2.24, 2.45) is 17.6 Å². The summed E-state index contributed by atoms with van der Waals surface area (Å²) in [5, 5.41) is 1.21. The van der Waals surface area contributed by atoms with Gasteiger partial charge in [0.25, 0.3) is 5.22 Å². The van der Waals surface area contributed by atoms with E-state index in [9.17, 15) is 0 Å². The predicted molar refractivity (Wildman–Crippen MR) is 66.3 cm³/mol. The molecule has 0 bridgehead atoms. The molecule has 1 saturated carbocycles. The van der Waals surface area contributed by atoms with Crippen LogP contribution in [-0.2, 0) is 0 Å².